The largest absolute Gasteiger partial charge is 0.310 e. The Kier molecular flexibility index (Phi) is 9.92. The number of allylic oxidation sites excluding steroid dienone is 4. The molecule has 8 aromatic rings. The molecule has 2 nitrogen and oxygen atoms in total. The first-order chi connectivity index (χ1) is 27.8. The highest BCUT2D eigenvalue weighted by Gasteiger charge is 2.18. The van der Waals surface area contributed by atoms with Gasteiger partial charge in [-0.3, -0.25) is 0 Å². The van der Waals surface area contributed by atoms with Crippen molar-refractivity contribution in [3.63, 3.8) is 0 Å². The van der Waals surface area contributed by atoms with Crippen molar-refractivity contribution in [1.29, 1.82) is 0 Å². The Balaban J connectivity index is 1.16. The summed E-state index contributed by atoms with van der Waals surface area (Å²) in [4.78, 5) is 4.74. The zero-order valence-corrected chi connectivity index (χ0v) is 31.2. The second kappa shape index (κ2) is 16.1. The van der Waals surface area contributed by atoms with E-state index in [0.717, 1.165) is 47.0 Å². The van der Waals surface area contributed by atoms with Gasteiger partial charge in [0.25, 0.3) is 0 Å². The smallest absolute Gasteiger partial charge is 0.0467 e. The first-order valence-corrected chi connectivity index (χ1v) is 19.4. The minimum Gasteiger partial charge on any atom is -0.310 e. The first-order valence-electron chi connectivity index (χ1n) is 19.4. The van der Waals surface area contributed by atoms with Gasteiger partial charge in [-0.25, -0.2) is 0 Å². The van der Waals surface area contributed by atoms with Crippen molar-refractivity contribution in [3.05, 3.63) is 236 Å². The molecule has 1 aliphatic rings. The molecule has 0 saturated carbocycles. The molecule has 0 heterocycles. The molecule has 8 aromatic carbocycles. The average Bonchev–Trinajstić information content (AvgIpc) is 3.29. The molecule has 0 amide bonds. The zero-order chi connectivity index (χ0) is 37.5. The van der Waals surface area contributed by atoms with E-state index in [1.807, 2.05) is 0 Å². The predicted molar refractivity (Wildman–Crippen MR) is 238 cm³/mol. The van der Waals surface area contributed by atoms with Crippen LogP contribution < -0.4 is 9.80 Å². The van der Waals surface area contributed by atoms with Crippen LogP contribution in [-0.2, 0) is 0 Å². The zero-order valence-electron chi connectivity index (χ0n) is 31.2. The molecule has 0 radical (unpaired) electrons. The number of hydrogen-bond donors (Lipinski definition) is 0. The van der Waals surface area contributed by atoms with Crippen LogP contribution in [0.1, 0.15) is 18.4 Å². The highest BCUT2D eigenvalue weighted by Crippen LogP contribution is 2.42. The number of benzene rings is 8. The minimum atomic E-state index is 1.07. The molecule has 0 atom stereocenters. The fraction of sp³-hybridized carbons (Fsp3) is 0.0370. The predicted octanol–water partition coefficient (Wildman–Crippen LogP) is 15.4. The third-order valence-corrected chi connectivity index (χ3v) is 10.4. The van der Waals surface area contributed by atoms with E-state index in [4.69, 9.17) is 0 Å². The summed E-state index contributed by atoms with van der Waals surface area (Å²) in [5.74, 6) is 0. The fourth-order valence-electron chi connectivity index (χ4n) is 7.66. The lowest BCUT2D eigenvalue weighted by Crippen LogP contribution is -2.12. The topological polar surface area (TPSA) is 6.48 Å². The van der Waals surface area contributed by atoms with E-state index in [9.17, 15) is 0 Å². The van der Waals surface area contributed by atoms with Gasteiger partial charge in [-0.15, -0.1) is 0 Å². The number of nitrogens with zero attached hydrogens (tertiary/aromatic N) is 2. The van der Waals surface area contributed by atoms with Crippen LogP contribution in [0.25, 0.3) is 39.0 Å². The van der Waals surface area contributed by atoms with Crippen molar-refractivity contribution in [2.75, 3.05) is 9.80 Å². The maximum absolute atomic E-state index is 2.38. The van der Waals surface area contributed by atoms with Crippen LogP contribution in [0.5, 0.6) is 0 Å². The maximum Gasteiger partial charge on any atom is 0.0467 e. The summed E-state index contributed by atoms with van der Waals surface area (Å²) >= 11 is 0. The fourth-order valence-corrected chi connectivity index (χ4v) is 7.66. The van der Waals surface area contributed by atoms with Gasteiger partial charge in [0, 0.05) is 34.1 Å². The normalized spacial score (nSPS) is 12.2. The lowest BCUT2D eigenvalue weighted by Gasteiger charge is -2.29. The molecule has 0 N–H and O–H groups in total. The van der Waals surface area contributed by atoms with Crippen LogP contribution in [0.2, 0.25) is 0 Å². The Hall–Kier alpha value is -7.16. The number of hydrogen-bond acceptors (Lipinski definition) is 2. The van der Waals surface area contributed by atoms with E-state index in [1.165, 1.54) is 44.5 Å². The van der Waals surface area contributed by atoms with Crippen molar-refractivity contribution in [3.8, 4) is 33.4 Å². The molecule has 0 bridgehead atoms. The van der Waals surface area contributed by atoms with E-state index in [2.05, 4.69) is 240 Å². The molecule has 0 saturated heterocycles. The Morgan fingerprint density at radius 1 is 0.268 bits per heavy atom. The van der Waals surface area contributed by atoms with Crippen LogP contribution in [0.4, 0.5) is 34.1 Å². The third-order valence-electron chi connectivity index (χ3n) is 10.4. The van der Waals surface area contributed by atoms with Crippen LogP contribution in [-0.4, -0.2) is 0 Å². The summed E-state index contributed by atoms with van der Waals surface area (Å²) in [6.07, 6.45) is 9.05. The molecular formula is C54H42N2. The van der Waals surface area contributed by atoms with Crippen LogP contribution in [0, 0.1) is 0 Å². The molecule has 1 aliphatic carbocycles. The molecule has 2 heteroatoms. The lowest BCUT2D eigenvalue weighted by atomic mass is 9.98. The SMILES string of the molecule is C1=CC(c2cccc(N(c3ccc(N(c4cccc(-c5ccccc5)c4)c4cccc(-c5ccccc5)c4)cc3)c3cccc(-c4ccccc4)c3)c2)=CCC1. The van der Waals surface area contributed by atoms with Crippen LogP contribution in [0.3, 0.4) is 0 Å². The molecule has 56 heavy (non-hydrogen) atoms. The van der Waals surface area contributed by atoms with Crippen LogP contribution in [0.15, 0.2) is 231 Å². The Morgan fingerprint density at radius 3 is 0.964 bits per heavy atom. The summed E-state index contributed by atoms with van der Waals surface area (Å²) in [5.41, 5.74) is 16.2. The number of rotatable bonds is 10. The summed E-state index contributed by atoms with van der Waals surface area (Å²) in [6, 6.07) is 76.4. The van der Waals surface area contributed by atoms with Crippen molar-refractivity contribution < 1.29 is 0 Å². The second-order valence-corrected chi connectivity index (χ2v) is 14.1. The molecule has 0 spiro atoms. The average molecular weight is 719 g/mol. The first kappa shape index (κ1) is 34.6. The molecule has 0 fully saturated rings. The van der Waals surface area contributed by atoms with Crippen molar-refractivity contribution in [1.82, 2.24) is 0 Å². The van der Waals surface area contributed by atoms with Gasteiger partial charge in [-0.05, 0) is 130 Å². The quantitative estimate of drug-likeness (QED) is 0.139. The molecule has 0 unspecified atom stereocenters. The van der Waals surface area contributed by atoms with E-state index in [0.29, 0.717) is 0 Å². The van der Waals surface area contributed by atoms with E-state index < -0.39 is 0 Å². The van der Waals surface area contributed by atoms with Gasteiger partial charge in [-0.2, -0.15) is 0 Å². The number of anilines is 6. The summed E-state index contributed by atoms with van der Waals surface area (Å²) < 4.78 is 0. The highest BCUT2D eigenvalue weighted by molar-refractivity contribution is 5.86. The maximum atomic E-state index is 2.38. The summed E-state index contributed by atoms with van der Waals surface area (Å²) in [7, 11) is 0. The van der Waals surface area contributed by atoms with E-state index >= 15 is 0 Å². The highest BCUT2D eigenvalue weighted by atomic mass is 15.2. The van der Waals surface area contributed by atoms with Gasteiger partial charge in [-0.1, -0.05) is 158 Å². The summed E-state index contributed by atoms with van der Waals surface area (Å²) in [6.45, 7) is 0. The van der Waals surface area contributed by atoms with Gasteiger partial charge in [0.05, 0.1) is 0 Å². The second-order valence-electron chi connectivity index (χ2n) is 14.1. The molecule has 9 rings (SSSR count). The summed E-state index contributed by atoms with van der Waals surface area (Å²) in [5, 5.41) is 0. The van der Waals surface area contributed by atoms with Crippen molar-refractivity contribution >= 4 is 39.7 Å². The van der Waals surface area contributed by atoms with E-state index in [1.54, 1.807) is 0 Å². The monoisotopic (exact) mass is 718 g/mol. The Labute approximate surface area is 330 Å². The molecule has 0 aromatic heterocycles. The van der Waals surface area contributed by atoms with Gasteiger partial charge in [0.1, 0.15) is 0 Å². The van der Waals surface area contributed by atoms with Gasteiger partial charge >= 0.3 is 0 Å². The Morgan fingerprint density at radius 2 is 0.607 bits per heavy atom. The lowest BCUT2D eigenvalue weighted by molar-refractivity contribution is 1.04. The van der Waals surface area contributed by atoms with Gasteiger partial charge < -0.3 is 9.80 Å². The molecule has 268 valence electrons. The molecular weight excluding hydrogens is 677 g/mol. The van der Waals surface area contributed by atoms with Gasteiger partial charge in [0.15, 0.2) is 0 Å². The van der Waals surface area contributed by atoms with Crippen LogP contribution >= 0.6 is 0 Å². The standard InChI is InChI=1S/C54H42N2/c1-5-17-41(18-6-1)45-25-13-29-51(37-45)55(52-30-14-26-46(38-52)42-19-7-2-8-20-42)49-33-35-50(36-34-49)56(53-31-15-27-47(39-53)43-21-9-3-10-22-43)54-32-16-28-48(40-54)44-23-11-4-12-24-44/h1-3,5-11,13-40H,4,12H2. The van der Waals surface area contributed by atoms with Crippen molar-refractivity contribution in [2.24, 2.45) is 0 Å². The van der Waals surface area contributed by atoms with E-state index in [-0.39, 0.29) is 0 Å². The van der Waals surface area contributed by atoms with Gasteiger partial charge in [0.2, 0.25) is 0 Å². The molecule has 0 aliphatic heterocycles. The Bertz CT molecular complexity index is 2540. The third kappa shape index (κ3) is 7.46. The minimum absolute atomic E-state index is 1.07. The van der Waals surface area contributed by atoms with Crippen molar-refractivity contribution in [2.45, 2.75) is 12.8 Å².